The van der Waals surface area contributed by atoms with Crippen LogP contribution in [0.4, 0.5) is 0 Å². The van der Waals surface area contributed by atoms with Gasteiger partial charge in [0, 0.05) is 19.1 Å². The number of hydrogen-bond acceptors (Lipinski definition) is 3. The number of aliphatic carboxylic acids is 1. The Morgan fingerprint density at radius 2 is 2.00 bits per heavy atom. The molecular formula is C11H24N2O2. The highest BCUT2D eigenvalue weighted by molar-refractivity contribution is 5.66. The fourth-order valence-corrected chi connectivity index (χ4v) is 1.62. The van der Waals surface area contributed by atoms with Crippen molar-refractivity contribution in [2.24, 2.45) is 5.92 Å². The Balaban J connectivity index is 3.84. The van der Waals surface area contributed by atoms with Crippen LogP contribution in [0, 0.1) is 5.92 Å². The van der Waals surface area contributed by atoms with Gasteiger partial charge >= 0.3 is 5.97 Å². The van der Waals surface area contributed by atoms with Gasteiger partial charge in [0.1, 0.15) is 0 Å². The molecule has 0 aromatic heterocycles. The summed E-state index contributed by atoms with van der Waals surface area (Å²) in [7, 11) is 4.07. The van der Waals surface area contributed by atoms with Gasteiger partial charge in [0.05, 0.1) is 6.42 Å². The molecule has 0 heterocycles. The molecule has 15 heavy (non-hydrogen) atoms. The number of rotatable bonds is 8. The summed E-state index contributed by atoms with van der Waals surface area (Å²) in [6.07, 6.45) is 1.28. The van der Waals surface area contributed by atoms with Gasteiger partial charge in [-0.3, -0.25) is 4.79 Å². The zero-order valence-corrected chi connectivity index (χ0v) is 10.3. The lowest BCUT2D eigenvalue weighted by Gasteiger charge is -2.23. The van der Waals surface area contributed by atoms with Gasteiger partial charge in [0.2, 0.25) is 0 Å². The van der Waals surface area contributed by atoms with Gasteiger partial charge in [0.15, 0.2) is 0 Å². The molecule has 1 atom stereocenters. The van der Waals surface area contributed by atoms with E-state index in [2.05, 4.69) is 24.1 Å². The van der Waals surface area contributed by atoms with Crippen LogP contribution in [0.25, 0.3) is 0 Å². The second-order valence-corrected chi connectivity index (χ2v) is 4.69. The lowest BCUT2D eigenvalue weighted by molar-refractivity contribution is -0.136. The molecule has 0 saturated carbocycles. The average Bonchev–Trinajstić information content (AvgIpc) is 2.00. The molecule has 0 fully saturated rings. The Morgan fingerprint density at radius 3 is 2.40 bits per heavy atom. The maximum absolute atomic E-state index is 10.4. The molecular weight excluding hydrogens is 192 g/mol. The minimum Gasteiger partial charge on any atom is -0.481 e. The maximum atomic E-state index is 10.4. The predicted octanol–water partition coefficient (Wildman–Crippen LogP) is 1.03. The van der Waals surface area contributed by atoms with Crippen molar-refractivity contribution < 1.29 is 9.90 Å². The third-order valence-electron chi connectivity index (χ3n) is 2.11. The first-order chi connectivity index (χ1) is 6.91. The van der Waals surface area contributed by atoms with Crippen LogP contribution in [0.3, 0.4) is 0 Å². The van der Waals surface area contributed by atoms with E-state index in [0.29, 0.717) is 18.5 Å². The van der Waals surface area contributed by atoms with Crippen molar-refractivity contribution >= 4 is 5.97 Å². The normalized spacial score (nSPS) is 13.5. The first-order valence-corrected chi connectivity index (χ1v) is 5.51. The molecule has 0 spiro atoms. The van der Waals surface area contributed by atoms with Gasteiger partial charge in [-0.1, -0.05) is 13.8 Å². The molecule has 4 nitrogen and oxygen atoms in total. The van der Waals surface area contributed by atoms with Crippen molar-refractivity contribution in [2.45, 2.75) is 32.7 Å². The smallest absolute Gasteiger partial charge is 0.304 e. The van der Waals surface area contributed by atoms with Gasteiger partial charge in [0.25, 0.3) is 0 Å². The van der Waals surface area contributed by atoms with E-state index in [1.54, 1.807) is 0 Å². The fraction of sp³-hybridized carbons (Fsp3) is 0.909. The summed E-state index contributed by atoms with van der Waals surface area (Å²) in [4.78, 5) is 12.5. The number of carbonyl (C=O) groups is 1. The van der Waals surface area contributed by atoms with Crippen molar-refractivity contribution in [1.29, 1.82) is 0 Å². The number of nitrogens with zero attached hydrogens (tertiary/aromatic N) is 1. The quantitative estimate of drug-likeness (QED) is 0.636. The van der Waals surface area contributed by atoms with Gasteiger partial charge in [-0.15, -0.1) is 0 Å². The van der Waals surface area contributed by atoms with Crippen LogP contribution in [0.2, 0.25) is 0 Å². The Bertz CT molecular complexity index is 171. The van der Waals surface area contributed by atoms with Crippen molar-refractivity contribution in [3.63, 3.8) is 0 Å². The number of likely N-dealkylation sites (N-methyl/N-ethyl adjacent to an activating group) is 1. The molecule has 0 bridgehead atoms. The Morgan fingerprint density at radius 1 is 1.40 bits per heavy atom. The average molecular weight is 216 g/mol. The van der Waals surface area contributed by atoms with E-state index < -0.39 is 5.97 Å². The summed E-state index contributed by atoms with van der Waals surface area (Å²) in [5.41, 5.74) is 0. The summed E-state index contributed by atoms with van der Waals surface area (Å²) in [5.74, 6) is -0.108. The largest absolute Gasteiger partial charge is 0.481 e. The molecule has 0 aliphatic rings. The summed E-state index contributed by atoms with van der Waals surface area (Å²) in [6.45, 7) is 5.88. The van der Waals surface area contributed by atoms with E-state index in [0.717, 1.165) is 13.0 Å². The summed E-state index contributed by atoms with van der Waals surface area (Å²) >= 11 is 0. The molecule has 0 amide bonds. The van der Waals surface area contributed by atoms with Crippen LogP contribution < -0.4 is 5.32 Å². The first kappa shape index (κ1) is 14.4. The van der Waals surface area contributed by atoms with Gasteiger partial charge < -0.3 is 15.3 Å². The molecule has 0 aromatic rings. The topological polar surface area (TPSA) is 52.6 Å². The second kappa shape index (κ2) is 7.65. The summed E-state index contributed by atoms with van der Waals surface area (Å²) < 4.78 is 0. The van der Waals surface area contributed by atoms with E-state index in [-0.39, 0.29) is 6.42 Å². The molecule has 0 rings (SSSR count). The van der Waals surface area contributed by atoms with Gasteiger partial charge in [-0.25, -0.2) is 0 Å². The van der Waals surface area contributed by atoms with Crippen LogP contribution >= 0.6 is 0 Å². The van der Waals surface area contributed by atoms with Crippen LogP contribution in [-0.4, -0.2) is 49.2 Å². The lowest BCUT2D eigenvalue weighted by atomic mass is 10.0. The Hall–Kier alpha value is -0.610. The third-order valence-corrected chi connectivity index (χ3v) is 2.11. The SMILES string of the molecule is CC(C)CC(CN(C)C)NCCC(=O)O. The minimum absolute atomic E-state index is 0.196. The molecule has 0 radical (unpaired) electrons. The van der Waals surface area contributed by atoms with Crippen LogP contribution in [-0.2, 0) is 4.79 Å². The molecule has 2 N–H and O–H groups in total. The fourth-order valence-electron chi connectivity index (χ4n) is 1.62. The van der Waals surface area contributed by atoms with Crippen molar-refractivity contribution in [3.05, 3.63) is 0 Å². The van der Waals surface area contributed by atoms with E-state index in [1.165, 1.54) is 0 Å². The van der Waals surface area contributed by atoms with E-state index in [9.17, 15) is 4.79 Å². The van der Waals surface area contributed by atoms with Crippen molar-refractivity contribution in [2.75, 3.05) is 27.2 Å². The molecule has 0 aliphatic carbocycles. The highest BCUT2D eigenvalue weighted by Gasteiger charge is 2.11. The number of hydrogen-bond donors (Lipinski definition) is 2. The Kier molecular flexibility index (Phi) is 7.34. The van der Waals surface area contributed by atoms with Gasteiger partial charge in [-0.2, -0.15) is 0 Å². The van der Waals surface area contributed by atoms with E-state index in [1.807, 2.05) is 14.1 Å². The summed E-state index contributed by atoms with van der Waals surface area (Å²) in [6, 6.07) is 0.388. The van der Waals surface area contributed by atoms with Crippen molar-refractivity contribution in [3.8, 4) is 0 Å². The van der Waals surface area contributed by atoms with Crippen molar-refractivity contribution in [1.82, 2.24) is 10.2 Å². The molecule has 0 saturated heterocycles. The highest BCUT2D eigenvalue weighted by Crippen LogP contribution is 2.05. The number of nitrogens with one attached hydrogen (secondary N) is 1. The standard InChI is InChI=1S/C11H24N2O2/c1-9(2)7-10(8-13(3)4)12-6-5-11(14)15/h9-10,12H,5-8H2,1-4H3,(H,14,15). The maximum Gasteiger partial charge on any atom is 0.304 e. The van der Waals surface area contributed by atoms with Crippen LogP contribution in [0.5, 0.6) is 0 Å². The minimum atomic E-state index is -0.740. The van der Waals surface area contributed by atoms with Crippen LogP contribution in [0.15, 0.2) is 0 Å². The van der Waals surface area contributed by atoms with Gasteiger partial charge in [-0.05, 0) is 26.4 Å². The first-order valence-electron chi connectivity index (χ1n) is 5.51. The molecule has 0 aromatic carbocycles. The lowest BCUT2D eigenvalue weighted by Crippen LogP contribution is -2.40. The monoisotopic (exact) mass is 216 g/mol. The second-order valence-electron chi connectivity index (χ2n) is 4.69. The molecule has 0 aliphatic heterocycles. The number of carboxylic acids is 1. The Labute approximate surface area is 92.7 Å². The third kappa shape index (κ3) is 9.69. The summed E-state index contributed by atoms with van der Waals surface area (Å²) in [5, 5.41) is 11.8. The number of carboxylic acid groups (broad SMARTS) is 1. The van der Waals surface area contributed by atoms with Crippen LogP contribution in [0.1, 0.15) is 26.7 Å². The zero-order chi connectivity index (χ0) is 11.8. The predicted molar refractivity (Wildman–Crippen MR) is 62.1 cm³/mol. The highest BCUT2D eigenvalue weighted by atomic mass is 16.4. The molecule has 90 valence electrons. The van der Waals surface area contributed by atoms with E-state index in [4.69, 9.17) is 5.11 Å². The van der Waals surface area contributed by atoms with E-state index >= 15 is 0 Å². The molecule has 1 unspecified atom stereocenters. The zero-order valence-electron chi connectivity index (χ0n) is 10.3. The molecule has 4 heteroatoms.